The summed E-state index contributed by atoms with van der Waals surface area (Å²) < 4.78 is 25.7. The number of amides is 3. The number of rotatable bonds is 8. The first kappa shape index (κ1) is 24.5. The van der Waals surface area contributed by atoms with Crippen molar-refractivity contribution in [1.29, 1.82) is 0 Å². The van der Waals surface area contributed by atoms with Gasteiger partial charge in [0.25, 0.3) is 5.91 Å². The van der Waals surface area contributed by atoms with Crippen molar-refractivity contribution < 1.29 is 23.5 Å². The summed E-state index contributed by atoms with van der Waals surface area (Å²) in [4.78, 5) is 26.6. The highest BCUT2D eigenvalue weighted by Crippen LogP contribution is 2.36. The Hall–Kier alpha value is -3.65. The van der Waals surface area contributed by atoms with Crippen molar-refractivity contribution in [1.82, 2.24) is 10.2 Å². The average Bonchev–Trinajstić information content (AvgIpc) is 3.09. The summed E-state index contributed by atoms with van der Waals surface area (Å²) in [5.74, 6) is 0.186. The Morgan fingerprint density at radius 1 is 1.00 bits per heavy atom. The van der Waals surface area contributed by atoms with E-state index >= 15 is 0 Å². The van der Waals surface area contributed by atoms with Gasteiger partial charge in [-0.05, 0) is 60.9 Å². The van der Waals surface area contributed by atoms with Gasteiger partial charge in [-0.2, -0.15) is 0 Å². The largest absolute Gasteiger partial charge is 0.490 e. The molecule has 0 aromatic heterocycles. The van der Waals surface area contributed by atoms with Crippen LogP contribution < -0.4 is 14.8 Å². The van der Waals surface area contributed by atoms with Crippen molar-refractivity contribution >= 4 is 33.9 Å². The maximum Gasteiger partial charge on any atom is 0.329 e. The zero-order valence-electron chi connectivity index (χ0n) is 19.3. The number of nitrogens with one attached hydrogen (secondary N) is 1. The molecule has 1 saturated heterocycles. The van der Waals surface area contributed by atoms with E-state index in [-0.39, 0.29) is 24.7 Å². The fraction of sp³-hybridized carbons (Fsp3) is 0.185. The number of carbonyl (C=O) groups is 2. The third kappa shape index (κ3) is 5.89. The van der Waals surface area contributed by atoms with Crippen molar-refractivity contribution in [3.05, 3.63) is 98.9 Å². The normalized spacial score (nSPS) is 14.4. The number of imide groups is 1. The lowest BCUT2D eigenvalue weighted by atomic mass is 10.1. The van der Waals surface area contributed by atoms with Crippen molar-refractivity contribution in [3.8, 4) is 11.5 Å². The van der Waals surface area contributed by atoms with Gasteiger partial charge in [0, 0.05) is 4.47 Å². The first-order valence-electron chi connectivity index (χ1n) is 11.1. The smallest absolute Gasteiger partial charge is 0.329 e. The number of aryl methyl sites for hydroxylation is 1. The molecule has 1 aliphatic heterocycles. The number of ether oxygens (including phenoxy) is 2. The van der Waals surface area contributed by atoms with Crippen LogP contribution in [-0.4, -0.2) is 23.4 Å². The van der Waals surface area contributed by atoms with E-state index in [1.165, 1.54) is 17.0 Å². The second-order valence-corrected chi connectivity index (χ2v) is 8.89. The predicted molar refractivity (Wildman–Crippen MR) is 134 cm³/mol. The molecule has 4 rings (SSSR count). The summed E-state index contributed by atoms with van der Waals surface area (Å²) in [5.41, 5.74) is 3.44. The van der Waals surface area contributed by atoms with Crippen LogP contribution >= 0.6 is 15.9 Å². The van der Waals surface area contributed by atoms with E-state index in [2.05, 4.69) is 21.2 Å². The van der Waals surface area contributed by atoms with Crippen molar-refractivity contribution in [3.63, 3.8) is 0 Å². The molecule has 3 amide bonds. The zero-order chi connectivity index (χ0) is 24.9. The first-order chi connectivity index (χ1) is 16.8. The lowest BCUT2D eigenvalue weighted by molar-refractivity contribution is -0.123. The van der Waals surface area contributed by atoms with E-state index in [0.717, 1.165) is 11.1 Å². The molecule has 1 aliphatic rings. The van der Waals surface area contributed by atoms with E-state index in [1.807, 2.05) is 38.1 Å². The van der Waals surface area contributed by atoms with Crippen molar-refractivity contribution in [2.45, 2.75) is 27.0 Å². The van der Waals surface area contributed by atoms with Gasteiger partial charge in [0.2, 0.25) is 0 Å². The van der Waals surface area contributed by atoms with Gasteiger partial charge >= 0.3 is 6.03 Å². The summed E-state index contributed by atoms with van der Waals surface area (Å²) in [7, 11) is 0. The number of carbonyl (C=O) groups excluding carboxylic acids is 2. The fourth-order valence-corrected chi connectivity index (χ4v) is 4.01. The molecular weight excluding hydrogens is 515 g/mol. The van der Waals surface area contributed by atoms with Gasteiger partial charge < -0.3 is 14.8 Å². The molecule has 8 heteroatoms. The van der Waals surface area contributed by atoms with Gasteiger partial charge in [0.1, 0.15) is 18.1 Å². The van der Waals surface area contributed by atoms with E-state index in [1.54, 1.807) is 30.3 Å². The maximum atomic E-state index is 13.5. The van der Waals surface area contributed by atoms with Crippen LogP contribution in [0.5, 0.6) is 11.5 Å². The molecule has 3 aromatic carbocycles. The minimum absolute atomic E-state index is 0.160. The average molecular weight is 539 g/mol. The lowest BCUT2D eigenvalue weighted by Gasteiger charge is -2.14. The summed E-state index contributed by atoms with van der Waals surface area (Å²) in [6.45, 7) is 4.56. The molecular formula is C27H24BrFN2O4. The van der Waals surface area contributed by atoms with Crippen LogP contribution in [0, 0.1) is 12.7 Å². The number of benzene rings is 3. The Morgan fingerprint density at radius 2 is 1.74 bits per heavy atom. The Labute approximate surface area is 211 Å². The van der Waals surface area contributed by atoms with Crippen LogP contribution in [0.4, 0.5) is 9.18 Å². The van der Waals surface area contributed by atoms with Gasteiger partial charge in [0.05, 0.1) is 13.2 Å². The second kappa shape index (κ2) is 10.7. The SMILES string of the molecule is CCOc1cc(/C=C2/NC(=O)N(Cc3ccc(C)cc3)C2=O)c(Br)cc1OCc1cccc(F)c1. The van der Waals surface area contributed by atoms with Gasteiger partial charge in [-0.25, -0.2) is 9.18 Å². The summed E-state index contributed by atoms with van der Waals surface area (Å²) >= 11 is 3.51. The molecule has 1 N–H and O–H groups in total. The van der Waals surface area contributed by atoms with Crippen LogP contribution in [0.1, 0.15) is 29.2 Å². The molecule has 1 fully saturated rings. The molecule has 1 heterocycles. The summed E-state index contributed by atoms with van der Waals surface area (Å²) in [6, 6.07) is 16.8. The molecule has 3 aromatic rings. The quantitative estimate of drug-likeness (QED) is 0.283. The zero-order valence-corrected chi connectivity index (χ0v) is 20.9. The molecule has 0 bridgehead atoms. The van der Waals surface area contributed by atoms with Crippen LogP contribution in [0.2, 0.25) is 0 Å². The number of urea groups is 1. The van der Waals surface area contributed by atoms with Gasteiger partial charge in [0.15, 0.2) is 11.5 Å². The number of nitrogens with zero attached hydrogens (tertiary/aromatic N) is 1. The van der Waals surface area contributed by atoms with E-state index in [9.17, 15) is 14.0 Å². The van der Waals surface area contributed by atoms with Gasteiger partial charge in [-0.1, -0.05) is 57.9 Å². The number of halogens is 2. The lowest BCUT2D eigenvalue weighted by Crippen LogP contribution is -2.30. The Kier molecular flexibility index (Phi) is 7.51. The highest BCUT2D eigenvalue weighted by Gasteiger charge is 2.33. The van der Waals surface area contributed by atoms with Gasteiger partial charge in [-0.3, -0.25) is 9.69 Å². The molecule has 0 spiro atoms. The van der Waals surface area contributed by atoms with Crippen LogP contribution in [0.3, 0.4) is 0 Å². The molecule has 35 heavy (non-hydrogen) atoms. The van der Waals surface area contributed by atoms with E-state index in [4.69, 9.17) is 9.47 Å². The summed E-state index contributed by atoms with van der Waals surface area (Å²) in [5, 5.41) is 2.65. The van der Waals surface area contributed by atoms with E-state index < -0.39 is 11.9 Å². The predicted octanol–water partition coefficient (Wildman–Crippen LogP) is 5.97. The summed E-state index contributed by atoms with van der Waals surface area (Å²) in [6.07, 6.45) is 1.60. The highest BCUT2D eigenvalue weighted by molar-refractivity contribution is 9.10. The van der Waals surface area contributed by atoms with Crippen molar-refractivity contribution in [2.24, 2.45) is 0 Å². The van der Waals surface area contributed by atoms with Crippen LogP contribution in [0.15, 0.2) is 70.8 Å². The molecule has 180 valence electrons. The number of hydrogen-bond acceptors (Lipinski definition) is 4. The maximum absolute atomic E-state index is 13.5. The highest BCUT2D eigenvalue weighted by atomic mass is 79.9. The first-order valence-corrected chi connectivity index (χ1v) is 11.9. The monoisotopic (exact) mass is 538 g/mol. The Morgan fingerprint density at radius 3 is 2.46 bits per heavy atom. The molecule has 0 saturated carbocycles. The minimum Gasteiger partial charge on any atom is -0.490 e. The standard InChI is InChI=1S/C27H24BrFN2O4/c1-3-34-24-13-20(22(28)14-25(24)35-16-19-5-4-6-21(29)11-19)12-23-26(32)31(27(33)30-23)15-18-9-7-17(2)8-10-18/h4-14H,3,15-16H2,1-2H3,(H,30,33)/b23-12+. The molecule has 0 atom stereocenters. The van der Waals surface area contributed by atoms with Crippen molar-refractivity contribution in [2.75, 3.05) is 6.61 Å². The number of hydrogen-bond donors (Lipinski definition) is 1. The van der Waals surface area contributed by atoms with Crippen LogP contribution in [-0.2, 0) is 17.9 Å². The molecule has 0 aliphatic carbocycles. The second-order valence-electron chi connectivity index (χ2n) is 8.04. The van der Waals surface area contributed by atoms with Crippen LogP contribution in [0.25, 0.3) is 6.08 Å². The van der Waals surface area contributed by atoms with E-state index in [0.29, 0.717) is 33.7 Å². The van der Waals surface area contributed by atoms with Gasteiger partial charge in [-0.15, -0.1) is 0 Å². The Bertz CT molecular complexity index is 1290. The molecule has 6 nitrogen and oxygen atoms in total. The molecule has 0 unspecified atom stereocenters. The minimum atomic E-state index is -0.474. The third-order valence-corrected chi connectivity index (χ3v) is 6.06. The topological polar surface area (TPSA) is 67.9 Å². The molecule has 0 radical (unpaired) electrons. The fourth-order valence-electron chi connectivity index (χ4n) is 3.58. The Balaban J connectivity index is 1.55. The third-order valence-electron chi connectivity index (χ3n) is 5.37.